The summed E-state index contributed by atoms with van der Waals surface area (Å²) in [6, 6.07) is 18.7. The van der Waals surface area contributed by atoms with Gasteiger partial charge in [-0.2, -0.15) is 0 Å². The average Bonchev–Trinajstić information content (AvgIpc) is 3.29. The van der Waals surface area contributed by atoms with Crippen LogP contribution in [0, 0.1) is 5.92 Å². The molecule has 32 heavy (non-hydrogen) atoms. The highest BCUT2D eigenvalue weighted by molar-refractivity contribution is 5.84. The van der Waals surface area contributed by atoms with Gasteiger partial charge in [-0.15, -0.1) is 0 Å². The monoisotopic (exact) mass is 425 g/mol. The molecule has 0 bridgehead atoms. The van der Waals surface area contributed by atoms with E-state index in [4.69, 9.17) is 0 Å². The quantitative estimate of drug-likeness (QED) is 0.487. The van der Waals surface area contributed by atoms with E-state index in [0.717, 1.165) is 30.7 Å². The molecule has 0 radical (unpaired) electrons. The Hall–Kier alpha value is -3.67. The van der Waals surface area contributed by atoms with Crippen LogP contribution in [-0.2, 0) is 4.79 Å². The van der Waals surface area contributed by atoms with E-state index in [-0.39, 0.29) is 17.7 Å². The van der Waals surface area contributed by atoms with Crippen molar-refractivity contribution in [3.63, 3.8) is 0 Å². The van der Waals surface area contributed by atoms with Crippen molar-refractivity contribution in [1.82, 2.24) is 20.3 Å². The number of anilines is 1. The predicted molar refractivity (Wildman–Crippen MR) is 127 cm³/mol. The molecule has 2 N–H and O–H groups in total. The number of piperidine rings is 1. The maximum absolute atomic E-state index is 13.2. The van der Waals surface area contributed by atoms with Crippen molar-refractivity contribution in [3.05, 3.63) is 90.5 Å². The van der Waals surface area contributed by atoms with Crippen molar-refractivity contribution in [2.24, 2.45) is 5.92 Å². The zero-order valence-corrected chi connectivity index (χ0v) is 17.9. The number of fused-ring (bicyclic) bond motifs is 1. The van der Waals surface area contributed by atoms with Gasteiger partial charge in [-0.25, -0.2) is 4.98 Å². The zero-order chi connectivity index (χ0) is 21.8. The Morgan fingerprint density at radius 2 is 1.97 bits per heavy atom. The molecule has 0 unspecified atom stereocenters. The number of H-pyrrole nitrogens is 1. The van der Waals surface area contributed by atoms with Gasteiger partial charge in [0, 0.05) is 55.0 Å². The van der Waals surface area contributed by atoms with E-state index in [2.05, 4.69) is 73.8 Å². The first-order valence-electron chi connectivity index (χ1n) is 11.2. The van der Waals surface area contributed by atoms with Crippen LogP contribution in [0.2, 0.25) is 0 Å². The van der Waals surface area contributed by atoms with Gasteiger partial charge in [0.2, 0.25) is 5.91 Å². The molecule has 0 spiro atoms. The van der Waals surface area contributed by atoms with Crippen molar-refractivity contribution in [2.45, 2.75) is 18.8 Å². The number of nitrogens with zero attached hydrogens (tertiary/aromatic N) is 3. The summed E-state index contributed by atoms with van der Waals surface area (Å²) in [5.74, 6) is 0.978. The van der Waals surface area contributed by atoms with E-state index in [1.807, 2.05) is 12.1 Å². The second kappa shape index (κ2) is 9.22. The van der Waals surface area contributed by atoms with Gasteiger partial charge >= 0.3 is 0 Å². The van der Waals surface area contributed by atoms with Crippen LogP contribution in [0.4, 0.5) is 5.82 Å². The molecule has 0 aliphatic carbocycles. The number of benzene rings is 2. The van der Waals surface area contributed by atoms with Gasteiger partial charge in [0.1, 0.15) is 5.82 Å². The molecule has 6 nitrogen and oxygen atoms in total. The molecule has 4 aromatic rings. The van der Waals surface area contributed by atoms with Crippen molar-refractivity contribution < 1.29 is 4.79 Å². The van der Waals surface area contributed by atoms with E-state index in [9.17, 15) is 4.79 Å². The normalized spacial score (nSPS) is 17.2. The van der Waals surface area contributed by atoms with Crippen LogP contribution in [0.1, 0.15) is 29.9 Å². The van der Waals surface area contributed by atoms with Crippen molar-refractivity contribution in [2.75, 3.05) is 24.5 Å². The summed E-state index contributed by atoms with van der Waals surface area (Å²) in [6.45, 7) is 2.14. The Morgan fingerprint density at radius 1 is 1.12 bits per heavy atom. The largest absolute Gasteiger partial charge is 0.361 e. The van der Waals surface area contributed by atoms with E-state index in [0.29, 0.717) is 13.1 Å². The average molecular weight is 426 g/mol. The van der Waals surface area contributed by atoms with Crippen LogP contribution in [0.25, 0.3) is 10.9 Å². The van der Waals surface area contributed by atoms with Gasteiger partial charge in [-0.1, -0.05) is 48.5 Å². The number of amides is 1. The molecule has 1 saturated heterocycles. The molecule has 0 saturated carbocycles. The fourth-order valence-electron chi connectivity index (χ4n) is 4.68. The van der Waals surface area contributed by atoms with Gasteiger partial charge in [0.15, 0.2) is 0 Å². The Morgan fingerprint density at radius 3 is 2.81 bits per heavy atom. The van der Waals surface area contributed by atoms with E-state index >= 15 is 0 Å². The maximum Gasteiger partial charge on any atom is 0.224 e. The molecule has 1 aliphatic heterocycles. The van der Waals surface area contributed by atoms with Gasteiger partial charge in [0.25, 0.3) is 0 Å². The van der Waals surface area contributed by atoms with Crippen LogP contribution >= 0.6 is 0 Å². The number of hydrogen-bond acceptors (Lipinski definition) is 4. The lowest BCUT2D eigenvalue weighted by molar-refractivity contribution is -0.125. The minimum atomic E-state index is -0.0508. The van der Waals surface area contributed by atoms with Gasteiger partial charge in [0.05, 0.1) is 12.1 Å². The van der Waals surface area contributed by atoms with Crippen LogP contribution in [0.15, 0.2) is 79.4 Å². The Bertz CT molecular complexity index is 1170. The summed E-state index contributed by atoms with van der Waals surface area (Å²) in [4.78, 5) is 27.3. The lowest BCUT2D eigenvalue weighted by Crippen LogP contribution is -2.44. The van der Waals surface area contributed by atoms with E-state index in [1.54, 1.807) is 18.6 Å². The zero-order valence-electron chi connectivity index (χ0n) is 17.9. The summed E-state index contributed by atoms with van der Waals surface area (Å²) in [5, 5.41) is 4.46. The summed E-state index contributed by atoms with van der Waals surface area (Å²) in [5.41, 5.74) is 3.51. The fraction of sp³-hybridized carbons (Fsp3) is 0.269. The van der Waals surface area contributed by atoms with Crippen molar-refractivity contribution in [1.29, 1.82) is 0 Å². The molecular formula is C26H27N5O. The minimum Gasteiger partial charge on any atom is -0.361 e. The molecule has 1 aliphatic rings. The fourth-order valence-corrected chi connectivity index (χ4v) is 4.68. The molecule has 5 rings (SSSR count). The summed E-state index contributed by atoms with van der Waals surface area (Å²) >= 11 is 0. The second-order valence-electron chi connectivity index (χ2n) is 8.35. The highest BCUT2D eigenvalue weighted by Gasteiger charge is 2.27. The Labute approximate surface area is 187 Å². The molecule has 2 aromatic heterocycles. The summed E-state index contributed by atoms with van der Waals surface area (Å²) < 4.78 is 0. The maximum atomic E-state index is 13.2. The molecule has 6 heteroatoms. The third-order valence-electron chi connectivity index (χ3n) is 6.34. The number of aromatic nitrogens is 3. The van der Waals surface area contributed by atoms with Gasteiger partial charge in [-0.05, 0) is 30.0 Å². The molecule has 162 valence electrons. The molecule has 3 heterocycles. The van der Waals surface area contributed by atoms with Crippen LogP contribution in [0.3, 0.4) is 0 Å². The number of aromatic amines is 1. The Kier molecular flexibility index (Phi) is 5.83. The smallest absolute Gasteiger partial charge is 0.224 e. The van der Waals surface area contributed by atoms with Crippen LogP contribution in [-0.4, -0.2) is 40.5 Å². The first-order valence-corrected chi connectivity index (χ1v) is 11.2. The van der Waals surface area contributed by atoms with Gasteiger partial charge < -0.3 is 15.2 Å². The molecular weight excluding hydrogens is 398 g/mol. The van der Waals surface area contributed by atoms with Gasteiger partial charge in [-0.3, -0.25) is 9.78 Å². The first-order chi connectivity index (χ1) is 15.8. The molecule has 2 aromatic carbocycles. The lowest BCUT2D eigenvalue weighted by Gasteiger charge is -2.33. The topological polar surface area (TPSA) is 73.9 Å². The highest BCUT2D eigenvalue weighted by atomic mass is 16.1. The third kappa shape index (κ3) is 4.21. The number of carbonyl (C=O) groups is 1. The summed E-state index contributed by atoms with van der Waals surface area (Å²) in [7, 11) is 0. The number of rotatable bonds is 6. The Balaban J connectivity index is 1.33. The highest BCUT2D eigenvalue weighted by Crippen LogP contribution is 2.30. The van der Waals surface area contributed by atoms with Crippen molar-refractivity contribution >= 4 is 22.6 Å². The number of para-hydroxylation sites is 1. The first kappa shape index (κ1) is 20.2. The number of hydrogen-bond donors (Lipinski definition) is 2. The predicted octanol–water partition coefficient (Wildman–Crippen LogP) is 4.12. The summed E-state index contributed by atoms with van der Waals surface area (Å²) in [6.07, 6.45) is 9.08. The number of nitrogens with one attached hydrogen (secondary N) is 2. The van der Waals surface area contributed by atoms with Crippen LogP contribution in [0.5, 0.6) is 0 Å². The molecule has 1 amide bonds. The van der Waals surface area contributed by atoms with Crippen LogP contribution < -0.4 is 10.2 Å². The third-order valence-corrected chi connectivity index (χ3v) is 6.34. The van der Waals surface area contributed by atoms with Crippen molar-refractivity contribution in [3.8, 4) is 0 Å². The lowest BCUT2D eigenvalue weighted by atomic mass is 9.90. The van der Waals surface area contributed by atoms with E-state index < -0.39 is 0 Å². The second-order valence-corrected chi connectivity index (χ2v) is 8.35. The SMILES string of the molecule is O=C(NC[C@H](c1ccccc1)c1c[nH]c2ccccc12)[C@H]1CCCN(c2cnccn2)C1. The van der Waals surface area contributed by atoms with E-state index in [1.165, 1.54) is 16.5 Å². The minimum absolute atomic E-state index is 0.0508. The molecule has 2 atom stereocenters. The standard InChI is InChI=1S/C26H27N5O/c32-26(20-9-6-14-31(18-20)25-17-27-12-13-28-25)30-15-22(19-7-2-1-3-8-19)23-16-29-24-11-5-4-10-21(23)24/h1-5,7-8,10-13,16-17,20,22,29H,6,9,14-15,18H2,(H,30,32)/t20-,22+/m0/s1. The molecule has 1 fully saturated rings. The number of carbonyl (C=O) groups excluding carboxylic acids is 1.